The number of carboxylic acid groups (broad SMARTS) is 1. The van der Waals surface area contributed by atoms with Gasteiger partial charge >= 0.3 is 18.3 Å². The minimum Gasteiger partial charge on any atom is -0.480 e. The van der Waals surface area contributed by atoms with Gasteiger partial charge in [-0.15, -0.1) is 0 Å². The van der Waals surface area contributed by atoms with E-state index >= 15 is 0 Å². The van der Waals surface area contributed by atoms with Crippen molar-refractivity contribution in [1.29, 1.82) is 5.26 Å². The van der Waals surface area contributed by atoms with Crippen LogP contribution in [0.4, 0.5) is 26.3 Å². The van der Waals surface area contributed by atoms with Gasteiger partial charge in [0.05, 0.1) is 23.6 Å². The number of nitrogens with one attached hydrogen (secondary N) is 1. The second-order valence-corrected chi connectivity index (χ2v) is 5.82. The maximum Gasteiger partial charge on any atom is 0.416 e. The van der Waals surface area contributed by atoms with Crippen LogP contribution in [0.5, 0.6) is 0 Å². The van der Waals surface area contributed by atoms with Gasteiger partial charge in [-0.05, 0) is 37.1 Å². The van der Waals surface area contributed by atoms with Gasteiger partial charge in [0.15, 0.2) is 0 Å². The van der Waals surface area contributed by atoms with E-state index in [4.69, 9.17) is 10.4 Å². The molecule has 0 unspecified atom stereocenters. The lowest BCUT2D eigenvalue weighted by molar-refractivity contribution is -0.143. The number of rotatable bonds is 6. The van der Waals surface area contributed by atoms with Gasteiger partial charge in [0.1, 0.15) is 6.04 Å². The number of halogens is 6. The van der Waals surface area contributed by atoms with Crippen LogP contribution in [0.2, 0.25) is 0 Å². The highest BCUT2D eigenvalue weighted by Gasteiger charge is 2.37. The first-order chi connectivity index (χ1) is 12.2. The van der Waals surface area contributed by atoms with E-state index in [0.29, 0.717) is 12.1 Å². The number of carboxylic acids is 1. The van der Waals surface area contributed by atoms with Gasteiger partial charge in [-0.1, -0.05) is 0 Å². The number of hydrogen-bond donors (Lipinski definition) is 2. The summed E-state index contributed by atoms with van der Waals surface area (Å²) in [4.78, 5) is 23.0. The molecule has 1 aromatic rings. The summed E-state index contributed by atoms with van der Waals surface area (Å²) in [6, 6.07) is 0.966. The molecule has 0 aliphatic heterocycles. The van der Waals surface area contributed by atoms with Gasteiger partial charge in [-0.2, -0.15) is 31.6 Å². The Kier molecular flexibility index (Phi) is 6.83. The molecule has 0 spiro atoms. The molecule has 0 aliphatic carbocycles. The molecule has 11 heteroatoms. The smallest absolute Gasteiger partial charge is 0.416 e. The highest BCUT2D eigenvalue weighted by molar-refractivity contribution is 5.84. The third-order valence-corrected chi connectivity index (χ3v) is 3.46. The summed E-state index contributed by atoms with van der Waals surface area (Å²) in [5.74, 6) is -3.30. The first kappa shape index (κ1) is 22.3. The topological polar surface area (TPSA) is 90.2 Å². The van der Waals surface area contributed by atoms with E-state index < -0.39 is 59.3 Å². The van der Waals surface area contributed by atoms with Crippen LogP contribution in [-0.4, -0.2) is 23.0 Å². The Labute approximate surface area is 149 Å². The van der Waals surface area contributed by atoms with Crippen molar-refractivity contribution in [2.24, 2.45) is 5.92 Å². The molecular formula is C16H14F6N2O3. The van der Waals surface area contributed by atoms with Gasteiger partial charge in [-0.3, -0.25) is 4.79 Å². The highest BCUT2D eigenvalue weighted by Crippen LogP contribution is 2.36. The lowest BCUT2D eigenvalue weighted by Gasteiger charge is -2.17. The Bertz CT molecular complexity index is 720. The number of hydrogen-bond acceptors (Lipinski definition) is 3. The maximum absolute atomic E-state index is 12.8. The maximum atomic E-state index is 12.8. The van der Waals surface area contributed by atoms with E-state index in [1.54, 1.807) is 6.07 Å². The van der Waals surface area contributed by atoms with Crippen molar-refractivity contribution in [3.8, 4) is 6.07 Å². The van der Waals surface area contributed by atoms with Crippen LogP contribution in [0.15, 0.2) is 18.2 Å². The van der Waals surface area contributed by atoms with E-state index in [2.05, 4.69) is 0 Å². The number of amides is 1. The van der Waals surface area contributed by atoms with E-state index in [1.807, 2.05) is 5.32 Å². The molecule has 2 atom stereocenters. The van der Waals surface area contributed by atoms with Crippen molar-refractivity contribution in [2.45, 2.75) is 38.2 Å². The standard InChI is InChI=1S/C16H14F6N2O3/c1-8(7-23)2-12(14(26)27)24-13(25)5-9-3-10(15(17,18)19)6-11(4-9)16(20,21)22/h3-4,6,8,12H,2,5H2,1H3,(H,24,25)(H,26,27)/t8-,12-/m1/s1. The predicted molar refractivity (Wildman–Crippen MR) is 79.1 cm³/mol. The van der Waals surface area contributed by atoms with E-state index in [9.17, 15) is 35.9 Å². The second kappa shape index (κ2) is 8.28. The summed E-state index contributed by atoms with van der Waals surface area (Å²) in [6.07, 6.45) is -11.3. The largest absolute Gasteiger partial charge is 0.480 e. The summed E-state index contributed by atoms with van der Waals surface area (Å²) in [7, 11) is 0. The van der Waals surface area contributed by atoms with Crippen molar-refractivity contribution in [3.05, 3.63) is 34.9 Å². The molecule has 0 saturated heterocycles. The molecule has 0 saturated carbocycles. The summed E-state index contributed by atoms with van der Waals surface area (Å²) >= 11 is 0. The fourth-order valence-corrected chi connectivity index (χ4v) is 2.18. The molecule has 148 valence electrons. The van der Waals surface area contributed by atoms with Crippen molar-refractivity contribution in [1.82, 2.24) is 5.32 Å². The average molecular weight is 396 g/mol. The molecular weight excluding hydrogens is 382 g/mol. The Morgan fingerprint density at radius 3 is 1.96 bits per heavy atom. The zero-order valence-corrected chi connectivity index (χ0v) is 13.8. The zero-order chi connectivity index (χ0) is 21.0. The monoisotopic (exact) mass is 396 g/mol. The number of alkyl halides is 6. The second-order valence-electron chi connectivity index (χ2n) is 5.82. The molecule has 0 radical (unpaired) electrons. The lowest BCUT2D eigenvalue weighted by Crippen LogP contribution is -2.42. The summed E-state index contributed by atoms with van der Waals surface area (Å²) in [5.41, 5.74) is -3.73. The summed E-state index contributed by atoms with van der Waals surface area (Å²) in [6.45, 7) is 1.39. The van der Waals surface area contributed by atoms with Crippen LogP contribution in [0.3, 0.4) is 0 Å². The molecule has 27 heavy (non-hydrogen) atoms. The van der Waals surface area contributed by atoms with Crippen molar-refractivity contribution in [3.63, 3.8) is 0 Å². The van der Waals surface area contributed by atoms with Crippen molar-refractivity contribution in [2.75, 3.05) is 0 Å². The number of carbonyl (C=O) groups excluding carboxylic acids is 1. The van der Waals surface area contributed by atoms with Gasteiger partial charge < -0.3 is 10.4 Å². The first-order valence-electron chi connectivity index (χ1n) is 7.44. The SMILES string of the molecule is C[C@@H](C#N)C[C@@H](NC(=O)Cc1cc(C(F)(F)F)cc(C(F)(F)F)c1)C(=O)O. The molecule has 1 amide bonds. The van der Waals surface area contributed by atoms with Crippen LogP contribution in [0, 0.1) is 17.2 Å². The number of aliphatic carboxylic acids is 1. The van der Waals surface area contributed by atoms with Crippen LogP contribution in [0.1, 0.15) is 30.0 Å². The van der Waals surface area contributed by atoms with Gasteiger partial charge in [0.25, 0.3) is 0 Å². The van der Waals surface area contributed by atoms with Crippen LogP contribution >= 0.6 is 0 Å². The van der Waals surface area contributed by atoms with E-state index in [0.717, 1.165) is 0 Å². The molecule has 2 N–H and O–H groups in total. The fraction of sp³-hybridized carbons (Fsp3) is 0.438. The molecule has 5 nitrogen and oxygen atoms in total. The Morgan fingerprint density at radius 2 is 1.59 bits per heavy atom. The molecule has 0 heterocycles. The Balaban J connectivity index is 3.07. The van der Waals surface area contributed by atoms with Gasteiger partial charge in [-0.25, -0.2) is 4.79 Å². The normalized spacial score (nSPS) is 14.1. The quantitative estimate of drug-likeness (QED) is 0.722. The Morgan fingerprint density at radius 1 is 1.11 bits per heavy atom. The third kappa shape index (κ3) is 6.80. The molecule has 0 aromatic heterocycles. The van der Waals surface area contributed by atoms with Crippen LogP contribution in [-0.2, 0) is 28.4 Å². The third-order valence-electron chi connectivity index (χ3n) is 3.46. The van der Waals surface area contributed by atoms with Gasteiger partial charge in [0, 0.05) is 5.92 Å². The highest BCUT2D eigenvalue weighted by atomic mass is 19.4. The summed E-state index contributed by atoms with van der Waals surface area (Å²) in [5, 5.41) is 19.7. The van der Waals surface area contributed by atoms with E-state index in [-0.39, 0.29) is 12.5 Å². The minimum atomic E-state index is -5.06. The van der Waals surface area contributed by atoms with Gasteiger partial charge in [0.2, 0.25) is 5.91 Å². The fourth-order valence-electron chi connectivity index (χ4n) is 2.18. The number of carbonyl (C=O) groups is 2. The van der Waals surface area contributed by atoms with Crippen LogP contribution < -0.4 is 5.32 Å². The van der Waals surface area contributed by atoms with Crippen LogP contribution in [0.25, 0.3) is 0 Å². The first-order valence-corrected chi connectivity index (χ1v) is 7.44. The number of benzene rings is 1. The average Bonchev–Trinajstić information content (AvgIpc) is 2.51. The predicted octanol–water partition coefficient (Wildman–Crippen LogP) is 3.39. The molecule has 1 aromatic carbocycles. The van der Waals surface area contributed by atoms with E-state index in [1.165, 1.54) is 6.92 Å². The van der Waals surface area contributed by atoms with Crippen molar-refractivity contribution < 1.29 is 41.0 Å². The molecule has 1 rings (SSSR count). The number of nitrogens with zero attached hydrogens (tertiary/aromatic N) is 1. The summed E-state index contributed by atoms with van der Waals surface area (Å²) < 4.78 is 76.8. The minimum absolute atomic E-state index is 0.0734. The molecule has 0 fully saturated rings. The number of nitriles is 1. The van der Waals surface area contributed by atoms with Crippen molar-refractivity contribution >= 4 is 11.9 Å². The zero-order valence-electron chi connectivity index (χ0n) is 13.8. The Hall–Kier alpha value is -2.77. The lowest BCUT2D eigenvalue weighted by atomic mass is 10.0. The molecule has 0 aliphatic rings. The molecule has 0 bridgehead atoms.